The highest BCUT2D eigenvalue weighted by molar-refractivity contribution is 9.10. The van der Waals surface area contributed by atoms with Gasteiger partial charge in [0, 0.05) is 12.5 Å². The number of hydrogen-bond acceptors (Lipinski definition) is 3. The summed E-state index contributed by atoms with van der Waals surface area (Å²) in [6.07, 6.45) is 4.56. The highest BCUT2D eigenvalue weighted by Crippen LogP contribution is 2.29. The largest absolute Gasteiger partial charge is 0.477 e. The Morgan fingerprint density at radius 3 is 2.93 bits per heavy atom. The minimum Gasteiger partial charge on any atom is -0.477 e. The molecule has 0 aliphatic heterocycles. The van der Waals surface area contributed by atoms with E-state index in [9.17, 15) is 0 Å². The minimum atomic E-state index is 0.701. The first-order valence-corrected chi connectivity index (χ1v) is 6.23. The van der Waals surface area contributed by atoms with Gasteiger partial charge in [0.15, 0.2) is 0 Å². The van der Waals surface area contributed by atoms with Gasteiger partial charge in [-0.15, -0.1) is 0 Å². The highest BCUT2D eigenvalue weighted by atomic mass is 79.9. The predicted molar refractivity (Wildman–Crippen MR) is 61.9 cm³/mol. The van der Waals surface area contributed by atoms with Crippen molar-refractivity contribution >= 4 is 15.9 Å². The molecule has 1 fully saturated rings. The van der Waals surface area contributed by atoms with Crippen molar-refractivity contribution in [2.24, 2.45) is 5.92 Å². The molecule has 0 spiro atoms. The molecule has 1 aromatic heterocycles. The second kappa shape index (κ2) is 4.92. The summed E-state index contributed by atoms with van der Waals surface area (Å²) in [6.45, 7) is 2.92. The number of halogens is 1. The second-order valence-corrected chi connectivity index (χ2v) is 4.76. The molecule has 0 unspecified atom stereocenters. The van der Waals surface area contributed by atoms with Crippen LogP contribution in [0.5, 0.6) is 5.88 Å². The molecule has 15 heavy (non-hydrogen) atoms. The molecule has 1 aromatic rings. The maximum absolute atomic E-state index is 5.62. The lowest BCUT2D eigenvalue weighted by Crippen LogP contribution is -2.03. The van der Waals surface area contributed by atoms with E-state index >= 15 is 0 Å². The van der Waals surface area contributed by atoms with Crippen LogP contribution >= 0.6 is 15.9 Å². The summed E-state index contributed by atoms with van der Waals surface area (Å²) in [6, 6.07) is 1.83. The Morgan fingerprint density at radius 1 is 1.47 bits per heavy atom. The molecule has 3 nitrogen and oxygen atoms in total. The number of aryl methyl sites for hydroxylation is 1. The van der Waals surface area contributed by atoms with Crippen molar-refractivity contribution in [1.82, 2.24) is 9.97 Å². The van der Waals surface area contributed by atoms with Crippen LogP contribution in [0.2, 0.25) is 0 Å². The lowest BCUT2D eigenvalue weighted by Gasteiger charge is -2.06. The predicted octanol–water partition coefficient (Wildman–Crippen LogP) is 2.98. The van der Waals surface area contributed by atoms with Gasteiger partial charge in [-0.2, -0.15) is 4.98 Å². The number of ether oxygens (including phenoxy) is 1. The van der Waals surface area contributed by atoms with E-state index in [-0.39, 0.29) is 0 Å². The number of hydrogen-bond donors (Lipinski definition) is 0. The monoisotopic (exact) mass is 270 g/mol. The summed E-state index contributed by atoms with van der Waals surface area (Å²) in [5.74, 6) is 2.32. The van der Waals surface area contributed by atoms with E-state index in [4.69, 9.17) is 4.74 Å². The molecule has 1 aliphatic rings. The molecule has 82 valence electrons. The molecule has 0 saturated heterocycles. The smallest absolute Gasteiger partial charge is 0.217 e. The number of aromatic nitrogens is 2. The summed E-state index contributed by atoms with van der Waals surface area (Å²) < 4.78 is 6.43. The molecule has 0 radical (unpaired) electrons. The van der Waals surface area contributed by atoms with Crippen LogP contribution in [0.1, 0.15) is 32.0 Å². The van der Waals surface area contributed by atoms with Crippen LogP contribution in [0.4, 0.5) is 0 Å². The fraction of sp³-hybridized carbons (Fsp3) is 0.636. The lowest BCUT2D eigenvalue weighted by molar-refractivity contribution is 0.286. The fourth-order valence-corrected chi connectivity index (χ4v) is 1.74. The zero-order valence-corrected chi connectivity index (χ0v) is 10.5. The third-order valence-corrected chi connectivity index (χ3v) is 2.76. The van der Waals surface area contributed by atoms with Gasteiger partial charge in [0.25, 0.3) is 0 Å². The molecule has 2 rings (SSSR count). The molecule has 0 amide bonds. The molecule has 1 saturated carbocycles. The van der Waals surface area contributed by atoms with Crippen molar-refractivity contribution in [3.8, 4) is 5.88 Å². The first-order chi connectivity index (χ1) is 7.28. The average Bonchev–Trinajstić information content (AvgIpc) is 2.98. The molecule has 0 atom stereocenters. The van der Waals surface area contributed by atoms with Gasteiger partial charge in [0.05, 0.1) is 6.61 Å². The van der Waals surface area contributed by atoms with E-state index in [2.05, 4.69) is 32.8 Å². The summed E-state index contributed by atoms with van der Waals surface area (Å²) in [4.78, 5) is 8.65. The van der Waals surface area contributed by atoms with Gasteiger partial charge in [-0.3, -0.25) is 0 Å². The maximum atomic E-state index is 5.62. The zero-order valence-electron chi connectivity index (χ0n) is 8.87. The van der Waals surface area contributed by atoms with Gasteiger partial charge in [0.1, 0.15) is 10.4 Å². The Morgan fingerprint density at radius 2 is 2.27 bits per heavy atom. The van der Waals surface area contributed by atoms with Crippen LogP contribution in [0.25, 0.3) is 0 Å². The molecule has 1 aliphatic carbocycles. The van der Waals surface area contributed by atoms with E-state index in [0.29, 0.717) is 5.88 Å². The molecule has 0 bridgehead atoms. The molecule has 1 heterocycles. The molecule has 0 aromatic carbocycles. The van der Waals surface area contributed by atoms with Crippen LogP contribution in [0.15, 0.2) is 10.7 Å². The summed E-state index contributed by atoms with van der Waals surface area (Å²) in [7, 11) is 0. The SMILES string of the molecule is CCCc1nc(Br)cc(OCC2CC2)n1. The van der Waals surface area contributed by atoms with E-state index in [1.165, 1.54) is 12.8 Å². The third kappa shape index (κ3) is 3.45. The Labute approximate surface area is 98.4 Å². The fourth-order valence-electron chi connectivity index (χ4n) is 1.34. The second-order valence-electron chi connectivity index (χ2n) is 3.95. The normalized spacial score (nSPS) is 15.3. The Hall–Kier alpha value is -0.640. The molecular formula is C11H15BrN2O. The molecule has 0 N–H and O–H groups in total. The quantitative estimate of drug-likeness (QED) is 0.772. The van der Waals surface area contributed by atoms with Gasteiger partial charge in [-0.1, -0.05) is 6.92 Å². The first-order valence-electron chi connectivity index (χ1n) is 5.44. The van der Waals surface area contributed by atoms with Crippen molar-refractivity contribution in [2.75, 3.05) is 6.61 Å². The zero-order chi connectivity index (χ0) is 10.7. The molecular weight excluding hydrogens is 256 g/mol. The topological polar surface area (TPSA) is 35.0 Å². The Kier molecular flexibility index (Phi) is 3.57. The van der Waals surface area contributed by atoms with Crippen molar-refractivity contribution in [1.29, 1.82) is 0 Å². The minimum absolute atomic E-state index is 0.701. The number of rotatable bonds is 5. The summed E-state index contributed by atoms with van der Waals surface area (Å²) in [5.41, 5.74) is 0. The van der Waals surface area contributed by atoms with Crippen molar-refractivity contribution in [3.63, 3.8) is 0 Å². The van der Waals surface area contributed by atoms with Gasteiger partial charge >= 0.3 is 0 Å². The van der Waals surface area contributed by atoms with Crippen molar-refractivity contribution in [3.05, 3.63) is 16.5 Å². The van der Waals surface area contributed by atoms with Crippen LogP contribution in [0, 0.1) is 5.92 Å². The Balaban J connectivity index is 2.00. The summed E-state index contributed by atoms with van der Waals surface area (Å²) in [5, 5.41) is 0. The van der Waals surface area contributed by atoms with E-state index in [1.54, 1.807) is 0 Å². The standard InChI is InChI=1S/C11H15BrN2O/c1-2-3-10-13-9(12)6-11(14-10)15-7-8-4-5-8/h6,8H,2-5,7H2,1H3. The maximum Gasteiger partial charge on any atom is 0.217 e. The van der Waals surface area contributed by atoms with Gasteiger partial charge in [-0.25, -0.2) is 4.98 Å². The highest BCUT2D eigenvalue weighted by Gasteiger charge is 2.22. The average molecular weight is 271 g/mol. The van der Waals surface area contributed by atoms with Crippen LogP contribution in [-0.2, 0) is 6.42 Å². The Bertz CT molecular complexity index is 339. The van der Waals surface area contributed by atoms with Crippen LogP contribution in [-0.4, -0.2) is 16.6 Å². The van der Waals surface area contributed by atoms with Gasteiger partial charge in [0.2, 0.25) is 5.88 Å². The lowest BCUT2D eigenvalue weighted by atomic mass is 10.3. The molecule has 4 heteroatoms. The van der Waals surface area contributed by atoms with E-state index < -0.39 is 0 Å². The van der Waals surface area contributed by atoms with Crippen molar-refractivity contribution in [2.45, 2.75) is 32.6 Å². The third-order valence-electron chi connectivity index (χ3n) is 2.36. The number of nitrogens with zero attached hydrogens (tertiary/aromatic N) is 2. The van der Waals surface area contributed by atoms with Crippen LogP contribution in [0.3, 0.4) is 0 Å². The van der Waals surface area contributed by atoms with Crippen molar-refractivity contribution < 1.29 is 4.74 Å². The van der Waals surface area contributed by atoms with Crippen LogP contribution < -0.4 is 4.74 Å². The van der Waals surface area contributed by atoms with E-state index in [0.717, 1.165) is 35.8 Å². The van der Waals surface area contributed by atoms with Gasteiger partial charge in [-0.05, 0) is 41.1 Å². The van der Waals surface area contributed by atoms with E-state index in [1.807, 2.05) is 6.07 Å². The first kappa shape index (κ1) is 10.9. The van der Waals surface area contributed by atoms with Gasteiger partial charge < -0.3 is 4.74 Å². The summed E-state index contributed by atoms with van der Waals surface area (Å²) >= 11 is 3.37.